The second-order valence-electron chi connectivity index (χ2n) is 5.96. The van der Waals surface area contributed by atoms with E-state index < -0.39 is 0 Å². The first kappa shape index (κ1) is 17.5. The lowest BCUT2D eigenvalue weighted by Crippen LogP contribution is -2.23. The van der Waals surface area contributed by atoms with Gasteiger partial charge in [-0.05, 0) is 22.6 Å². The molecular formula is C17H18N8O3. The van der Waals surface area contributed by atoms with Gasteiger partial charge < -0.3 is 9.47 Å². The molecule has 0 aliphatic carbocycles. The monoisotopic (exact) mass is 382 g/mol. The maximum absolute atomic E-state index is 12.1. The van der Waals surface area contributed by atoms with E-state index in [1.165, 1.54) is 11.7 Å². The number of benzene rings is 1. The molecule has 0 fully saturated rings. The number of aryl methyl sites for hydroxylation is 2. The molecule has 144 valence electrons. The fraction of sp³-hybridized carbons (Fsp3) is 0.235. The summed E-state index contributed by atoms with van der Waals surface area (Å²) >= 11 is 0. The molecule has 0 unspecified atom stereocenters. The Hall–Kier alpha value is -3.89. The van der Waals surface area contributed by atoms with Crippen LogP contribution in [0.2, 0.25) is 0 Å². The van der Waals surface area contributed by atoms with Crippen LogP contribution >= 0.6 is 0 Å². The third kappa shape index (κ3) is 3.02. The quantitative estimate of drug-likeness (QED) is 0.477. The Morgan fingerprint density at radius 2 is 1.86 bits per heavy atom. The van der Waals surface area contributed by atoms with Crippen LogP contribution in [0.5, 0.6) is 11.6 Å². The number of rotatable bonds is 6. The zero-order chi connectivity index (χ0) is 19.7. The summed E-state index contributed by atoms with van der Waals surface area (Å²) in [6.45, 7) is 0.151. The van der Waals surface area contributed by atoms with E-state index in [0.717, 1.165) is 10.4 Å². The molecule has 0 aliphatic rings. The van der Waals surface area contributed by atoms with E-state index in [9.17, 15) is 4.79 Å². The van der Waals surface area contributed by atoms with Crippen LogP contribution in [0.4, 0.5) is 0 Å². The van der Waals surface area contributed by atoms with Gasteiger partial charge in [0.25, 0.3) is 0 Å². The Morgan fingerprint density at radius 3 is 2.61 bits per heavy atom. The van der Waals surface area contributed by atoms with Crippen LogP contribution in [0, 0.1) is 0 Å². The molecule has 4 rings (SSSR count). The van der Waals surface area contributed by atoms with E-state index in [1.807, 2.05) is 24.3 Å². The molecule has 11 heteroatoms. The predicted octanol–water partition coefficient (Wildman–Crippen LogP) is 0.473. The van der Waals surface area contributed by atoms with Gasteiger partial charge in [-0.2, -0.15) is 14.5 Å². The van der Waals surface area contributed by atoms with Crippen molar-refractivity contribution in [3.8, 4) is 23.0 Å². The van der Waals surface area contributed by atoms with Crippen molar-refractivity contribution >= 4 is 0 Å². The van der Waals surface area contributed by atoms with Crippen molar-refractivity contribution in [3.63, 3.8) is 0 Å². The summed E-state index contributed by atoms with van der Waals surface area (Å²) in [5.41, 5.74) is 1.60. The minimum Gasteiger partial charge on any atom is -0.494 e. The molecule has 0 amide bonds. The Morgan fingerprint density at radius 1 is 1.04 bits per heavy atom. The molecule has 0 radical (unpaired) electrons. The number of aromatic nitrogens is 8. The zero-order valence-electron chi connectivity index (χ0n) is 15.6. The summed E-state index contributed by atoms with van der Waals surface area (Å²) in [5.74, 6) is 1.12. The summed E-state index contributed by atoms with van der Waals surface area (Å²) in [7, 11) is 4.90. The minimum absolute atomic E-state index is 0.151. The zero-order valence-corrected chi connectivity index (χ0v) is 15.6. The molecule has 28 heavy (non-hydrogen) atoms. The molecule has 11 nitrogen and oxygen atoms in total. The van der Waals surface area contributed by atoms with Crippen LogP contribution in [0.3, 0.4) is 0 Å². The highest BCUT2D eigenvalue weighted by molar-refractivity contribution is 5.46. The molecule has 1 aromatic carbocycles. The third-order valence-electron chi connectivity index (χ3n) is 4.24. The van der Waals surface area contributed by atoms with Crippen LogP contribution in [0.15, 0.2) is 47.5 Å². The maximum Gasteiger partial charge on any atom is 0.368 e. The first-order valence-electron chi connectivity index (χ1n) is 8.40. The Kier molecular flexibility index (Phi) is 4.39. The lowest BCUT2D eigenvalue weighted by Gasteiger charge is -2.08. The molecule has 0 saturated heterocycles. The normalized spacial score (nSPS) is 11.0. The Balaban J connectivity index is 1.57. The first-order chi connectivity index (χ1) is 13.6. The topological polar surface area (TPSA) is 107 Å². The van der Waals surface area contributed by atoms with Crippen molar-refractivity contribution in [2.75, 3.05) is 7.11 Å². The van der Waals surface area contributed by atoms with Gasteiger partial charge in [0.1, 0.15) is 29.4 Å². The fourth-order valence-electron chi connectivity index (χ4n) is 2.74. The van der Waals surface area contributed by atoms with Crippen molar-refractivity contribution in [2.45, 2.75) is 6.61 Å². The van der Waals surface area contributed by atoms with Crippen molar-refractivity contribution in [1.29, 1.82) is 0 Å². The van der Waals surface area contributed by atoms with Crippen LogP contribution < -0.4 is 15.2 Å². The standard InChI is InChI=1S/C17H18N8O3/c1-22-14(13(10-18-22)25-17(26)23(2)20-21-25)11-28-16-8-9-24(19-16)12-6-4-5-7-15(12)27-3/h4-10H,11H2,1-3H3. The molecule has 3 heterocycles. The first-order valence-corrected chi connectivity index (χ1v) is 8.40. The van der Waals surface area contributed by atoms with E-state index in [4.69, 9.17) is 9.47 Å². The molecular weight excluding hydrogens is 364 g/mol. The van der Waals surface area contributed by atoms with Crippen molar-refractivity contribution in [1.82, 2.24) is 39.4 Å². The van der Waals surface area contributed by atoms with Gasteiger partial charge in [0, 0.05) is 26.4 Å². The average Bonchev–Trinajstić information content (AvgIpc) is 3.41. The molecule has 0 spiro atoms. The molecule has 0 aliphatic heterocycles. The summed E-state index contributed by atoms with van der Waals surface area (Å²) in [4.78, 5) is 12.1. The highest BCUT2D eigenvalue weighted by atomic mass is 16.5. The third-order valence-corrected chi connectivity index (χ3v) is 4.24. The number of hydrogen-bond donors (Lipinski definition) is 0. The number of hydrogen-bond acceptors (Lipinski definition) is 7. The van der Waals surface area contributed by atoms with Gasteiger partial charge >= 0.3 is 5.69 Å². The second kappa shape index (κ2) is 7.02. The van der Waals surface area contributed by atoms with Gasteiger partial charge in [-0.1, -0.05) is 12.1 Å². The van der Waals surface area contributed by atoms with Gasteiger partial charge in [0.05, 0.1) is 13.3 Å². The predicted molar refractivity (Wildman–Crippen MR) is 97.8 cm³/mol. The largest absolute Gasteiger partial charge is 0.494 e. The van der Waals surface area contributed by atoms with Gasteiger partial charge in [-0.3, -0.25) is 4.68 Å². The highest BCUT2D eigenvalue weighted by Crippen LogP contribution is 2.23. The average molecular weight is 382 g/mol. The Labute approximate surface area is 159 Å². The number of nitrogens with zero attached hydrogens (tertiary/aromatic N) is 8. The van der Waals surface area contributed by atoms with Crippen LogP contribution in [0.1, 0.15) is 5.69 Å². The molecule has 0 N–H and O–H groups in total. The number of ether oxygens (including phenoxy) is 2. The molecule has 0 saturated carbocycles. The highest BCUT2D eigenvalue weighted by Gasteiger charge is 2.16. The van der Waals surface area contributed by atoms with Gasteiger partial charge in [-0.25, -0.2) is 9.48 Å². The van der Waals surface area contributed by atoms with E-state index >= 15 is 0 Å². The number of tetrazole rings is 1. The van der Waals surface area contributed by atoms with E-state index in [1.54, 1.807) is 42.0 Å². The van der Waals surface area contributed by atoms with Crippen LogP contribution in [0.25, 0.3) is 11.4 Å². The lowest BCUT2D eigenvalue weighted by atomic mass is 10.3. The summed E-state index contributed by atoms with van der Waals surface area (Å²) in [6.07, 6.45) is 3.33. The SMILES string of the molecule is COc1ccccc1-n1ccc(OCc2c(-n3nnn(C)c3=O)cnn2C)n1. The summed E-state index contributed by atoms with van der Waals surface area (Å²) in [6, 6.07) is 9.30. The van der Waals surface area contributed by atoms with E-state index in [0.29, 0.717) is 23.0 Å². The smallest absolute Gasteiger partial charge is 0.368 e. The van der Waals surface area contributed by atoms with Crippen molar-refractivity contribution in [3.05, 3.63) is 58.9 Å². The van der Waals surface area contributed by atoms with E-state index in [2.05, 4.69) is 20.6 Å². The maximum atomic E-state index is 12.1. The van der Waals surface area contributed by atoms with Crippen LogP contribution in [-0.4, -0.2) is 46.5 Å². The fourth-order valence-corrected chi connectivity index (χ4v) is 2.74. The molecule has 4 aromatic rings. The summed E-state index contributed by atoms with van der Waals surface area (Å²) < 4.78 is 16.8. The second-order valence-corrected chi connectivity index (χ2v) is 5.96. The van der Waals surface area contributed by atoms with Crippen molar-refractivity contribution < 1.29 is 9.47 Å². The summed E-state index contributed by atoms with van der Waals surface area (Å²) in [5, 5.41) is 16.2. The molecule has 3 aromatic heterocycles. The Bertz CT molecular complexity index is 1170. The van der Waals surface area contributed by atoms with Crippen LogP contribution in [-0.2, 0) is 20.7 Å². The minimum atomic E-state index is -0.366. The van der Waals surface area contributed by atoms with E-state index in [-0.39, 0.29) is 12.3 Å². The van der Waals surface area contributed by atoms with Gasteiger partial charge in [0.15, 0.2) is 0 Å². The molecule has 0 bridgehead atoms. The molecule has 0 atom stereocenters. The lowest BCUT2D eigenvalue weighted by molar-refractivity contribution is 0.280. The number of methoxy groups -OCH3 is 1. The van der Waals surface area contributed by atoms with Crippen molar-refractivity contribution in [2.24, 2.45) is 14.1 Å². The number of para-hydroxylation sites is 2. The van der Waals surface area contributed by atoms with Gasteiger partial charge in [0.2, 0.25) is 5.88 Å². The van der Waals surface area contributed by atoms with Gasteiger partial charge in [-0.15, -0.1) is 5.10 Å².